The van der Waals surface area contributed by atoms with Gasteiger partial charge in [0.05, 0.1) is 11.0 Å². The van der Waals surface area contributed by atoms with Crippen molar-refractivity contribution in [3.63, 3.8) is 0 Å². The summed E-state index contributed by atoms with van der Waals surface area (Å²) in [6.07, 6.45) is 6.18. The molecule has 0 spiro atoms. The summed E-state index contributed by atoms with van der Waals surface area (Å²) in [5.41, 5.74) is 1.97. The third-order valence-corrected chi connectivity index (χ3v) is 7.03. The van der Waals surface area contributed by atoms with Crippen molar-refractivity contribution in [2.24, 2.45) is 0 Å². The fraction of sp³-hybridized carbons (Fsp3) is 0.650. The summed E-state index contributed by atoms with van der Waals surface area (Å²) in [7, 11) is -3.63. The van der Waals surface area contributed by atoms with Crippen molar-refractivity contribution in [2.75, 3.05) is 13.1 Å². The standard InChI is InChI=1S/C20H31N3O4S/c1-15(24)9-11-21-28(26,27)19-8-7-16-10-12-23(14-17(16)13-19)20(25)22-18-5-3-2-4-6-18/h7-8,13,15,18,21,24H,2-6,9-12,14H2,1H3,(H,22,25)/t15-/m1/s1. The van der Waals surface area contributed by atoms with E-state index < -0.39 is 16.1 Å². The Morgan fingerprint density at radius 2 is 2.00 bits per heavy atom. The van der Waals surface area contributed by atoms with E-state index in [1.165, 1.54) is 6.42 Å². The van der Waals surface area contributed by atoms with Gasteiger partial charge in [-0.1, -0.05) is 25.3 Å². The van der Waals surface area contributed by atoms with Gasteiger partial charge in [0, 0.05) is 25.7 Å². The second-order valence-electron chi connectivity index (χ2n) is 7.92. The molecule has 1 aromatic rings. The number of nitrogens with zero attached hydrogens (tertiary/aromatic N) is 1. The van der Waals surface area contributed by atoms with Crippen LogP contribution in [0.15, 0.2) is 23.1 Å². The van der Waals surface area contributed by atoms with E-state index in [0.717, 1.165) is 43.2 Å². The highest BCUT2D eigenvalue weighted by atomic mass is 32.2. The fourth-order valence-corrected chi connectivity index (χ4v) is 4.97. The predicted molar refractivity (Wildman–Crippen MR) is 107 cm³/mol. The van der Waals surface area contributed by atoms with Crippen LogP contribution in [0.4, 0.5) is 4.79 Å². The van der Waals surface area contributed by atoms with Crippen molar-refractivity contribution in [2.45, 2.75) is 75.5 Å². The van der Waals surface area contributed by atoms with Crippen LogP contribution >= 0.6 is 0 Å². The fourth-order valence-electron chi connectivity index (χ4n) is 3.87. The van der Waals surface area contributed by atoms with Gasteiger partial charge in [0.15, 0.2) is 0 Å². The van der Waals surface area contributed by atoms with E-state index in [4.69, 9.17) is 0 Å². The van der Waals surface area contributed by atoms with E-state index in [9.17, 15) is 18.3 Å². The Labute approximate surface area is 167 Å². The first kappa shape index (κ1) is 21.1. The zero-order chi connectivity index (χ0) is 20.1. The van der Waals surface area contributed by atoms with Crippen LogP contribution in [0.1, 0.15) is 56.6 Å². The normalized spacial score (nSPS) is 19.1. The Morgan fingerprint density at radius 1 is 1.25 bits per heavy atom. The lowest BCUT2D eigenvalue weighted by Crippen LogP contribution is -2.47. The topological polar surface area (TPSA) is 98.7 Å². The lowest BCUT2D eigenvalue weighted by molar-refractivity contribution is 0.184. The summed E-state index contributed by atoms with van der Waals surface area (Å²) >= 11 is 0. The molecule has 1 aliphatic heterocycles. The highest BCUT2D eigenvalue weighted by molar-refractivity contribution is 7.89. The minimum absolute atomic E-state index is 0.0548. The molecule has 8 heteroatoms. The van der Waals surface area contributed by atoms with E-state index in [-0.39, 0.29) is 23.5 Å². The van der Waals surface area contributed by atoms with Crippen molar-refractivity contribution < 1.29 is 18.3 Å². The van der Waals surface area contributed by atoms with E-state index >= 15 is 0 Å². The van der Waals surface area contributed by atoms with Gasteiger partial charge >= 0.3 is 6.03 Å². The van der Waals surface area contributed by atoms with Gasteiger partial charge in [-0.05, 0) is 55.9 Å². The number of urea groups is 1. The van der Waals surface area contributed by atoms with Gasteiger partial charge in [-0.3, -0.25) is 0 Å². The molecule has 7 nitrogen and oxygen atoms in total. The predicted octanol–water partition coefficient (Wildman–Crippen LogP) is 2.14. The number of aliphatic hydroxyl groups is 1. The molecule has 2 amide bonds. The van der Waals surface area contributed by atoms with Crippen molar-refractivity contribution >= 4 is 16.1 Å². The highest BCUT2D eigenvalue weighted by Crippen LogP contribution is 2.23. The number of nitrogens with one attached hydrogen (secondary N) is 2. The smallest absolute Gasteiger partial charge is 0.317 e. The lowest BCUT2D eigenvalue weighted by Gasteiger charge is -2.32. The minimum atomic E-state index is -3.63. The molecule has 0 unspecified atom stereocenters. The van der Waals surface area contributed by atoms with Gasteiger partial charge in [-0.25, -0.2) is 17.9 Å². The molecule has 0 aromatic heterocycles. The molecule has 3 rings (SSSR count). The molecule has 1 atom stereocenters. The molecule has 28 heavy (non-hydrogen) atoms. The number of fused-ring (bicyclic) bond motifs is 1. The van der Waals surface area contributed by atoms with Gasteiger partial charge in [0.1, 0.15) is 0 Å². The number of hydrogen-bond acceptors (Lipinski definition) is 4. The van der Waals surface area contributed by atoms with Crippen LogP contribution in [-0.4, -0.2) is 49.7 Å². The first-order valence-corrected chi connectivity index (χ1v) is 11.7. The Balaban J connectivity index is 1.65. The maximum Gasteiger partial charge on any atom is 0.317 e. The summed E-state index contributed by atoms with van der Waals surface area (Å²) in [5, 5.41) is 12.4. The zero-order valence-corrected chi connectivity index (χ0v) is 17.3. The minimum Gasteiger partial charge on any atom is -0.393 e. The van der Waals surface area contributed by atoms with Crippen LogP contribution in [0.25, 0.3) is 0 Å². The first-order chi connectivity index (χ1) is 13.3. The van der Waals surface area contributed by atoms with Gasteiger partial charge < -0.3 is 15.3 Å². The summed E-state index contributed by atoms with van der Waals surface area (Å²) in [5.74, 6) is 0. The third-order valence-electron chi connectivity index (χ3n) is 5.57. The van der Waals surface area contributed by atoms with Gasteiger partial charge in [0.2, 0.25) is 10.0 Å². The SMILES string of the molecule is C[C@@H](O)CCNS(=O)(=O)c1ccc2c(c1)CN(C(=O)NC1CCCCC1)CC2. The van der Waals surface area contributed by atoms with Crippen LogP contribution in [0.2, 0.25) is 0 Å². The Hall–Kier alpha value is -1.64. The van der Waals surface area contributed by atoms with Crippen LogP contribution in [-0.2, 0) is 23.0 Å². The number of carbonyl (C=O) groups excluding carboxylic acids is 1. The van der Waals surface area contributed by atoms with E-state index in [1.807, 2.05) is 6.07 Å². The molecular weight excluding hydrogens is 378 g/mol. The molecule has 1 aromatic carbocycles. The average molecular weight is 410 g/mol. The maximum atomic E-state index is 12.6. The summed E-state index contributed by atoms with van der Waals surface area (Å²) < 4.78 is 27.5. The van der Waals surface area contributed by atoms with E-state index in [0.29, 0.717) is 19.5 Å². The quantitative estimate of drug-likeness (QED) is 0.670. The van der Waals surface area contributed by atoms with Crippen molar-refractivity contribution in [3.05, 3.63) is 29.3 Å². The van der Waals surface area contributed by atoms with Crippen molar-refractivity contribution in [1.82, 2.24) is 14.9 Å². The Morgan fingerprint density at radius 3 is 2.71 bits per heavy atom. The Kier molecular flexibility index (Phi) is 6.95. The van der Waals surface area contributed by atoms with Crippen LogP contribution in [0.5, 0.6) is 0 Å². The summed E-state index contributed by atoms with van der Waals surface area (Å²) in [4.78, 5) is 14.6. The van der Waals surface area contributed by atoms with Crippen molar-refractivity contribution in [3.8, 4) is 0 Å². The van der Waals surface area contributed by atoms with E-state index in [1.54, 1.807) is 24.0 Å². The molecule has 3 N–H and O–H groups in total. The zero-order valence-electron chi connectivity index (χ0n) is 16.5. The van der Waals surface area contributed by atoms with Crippen molar-refractivity contribution in [1.29, 1.82) is 0 Å². The average Bonchev–Trinajstić information content (AvgIpc) is 2.67. The van der Waals surface area contributed by atoms with Crippen LogP contribution in [0.3, 0.4) is 0 Å². The number of carbonyl (C=O) groups is 1. The molecule has 156 valence electrons. The largest absolute Gasteiger partial charge is 0.393 e. The van der Waals surface area contributed by atoms with E-state index in [2.05, 4.69) is 10.0 Å². The summed E-state index contributed by atoms with van der Waals surface area (Å²) in [6.45, 7) is 2.88. The highest BCUT2D eigenvalue weighted by Gasteiger charge is 2.25. The number of aliphatic hydroxyl groups excluding tert-OH is 1. The maximum absolute atomic E-state index is 12.6. The Bertz CT molecular complexity index is 789. The molecular formula is C20H31N3O4S. The molecule has 1 heterocycles. The van der Waals surface area contributed by atoms with Gasteiger partial charge in [-0.15, -0.1) is 0 Å². The van der Waals surface area contributed by atoms with Gasteiger partial charge in [-0.2, -0.15) is 0 Å². The molecule has 2 aliphatic rings. The number of rotatable bonds is 6. The summed E-state index contributed by atoms with van der Waals surface area (Å²) in [6, 6.07) is 5.32. The number of sulfonamides is 1. The number of hydrogen-bond donors (Lipinski definition) is 3. The molecule has 0 bridgehead atoms. The first-order valence-electron chi connectivity index (χ1n) is 10.2. The monoisotopic (exact) mass is 409 g/mol. The molecule has 1 aliphatic carbocycles. The number of benzene rings is 1. The molecule has 1 fully saturated rings. The second-order valence-corrected chi connectivity index (χ2v) is 9.69. The van der Waals surface area contributed by atoms with Gasteiger partial charge in [0.25, 0.3) is 0 Å². The third kappa shape index (κ3) is 5.46. The lowest BCUT2D eigenvalue weighted by atomic mass is 9.95. The molecule has 0 radical (unpaired) electrons. The van der Waals surface area contributed by atoms with Crippen LogP contribution < -0.4 is 10.0 Å². The second kappa shape index (κ2) is 9.24. The van der Waals surface area contributed by atoms with Crippen LogP contribution in [0, 0.1) is 0 Å². The molecule has 1 saturated carbocycles. The molecule has 0 saturated heterocycles. The number of amides is 2.